The molecule has 0 saturated carbocycles. The summed E-state index contributed by atoms with van der Waals surface area (Å²) in [7, 11) is 0. The molecule has 17 heavy (non-hydrogen) atoms. The van der Waals surface area contributed by atoms with Gasteiger partial charge in [-0.25, -0.2) is 6.57 Å². The molecule has 94 valence electrons. The molecule has 2 fully saturated rings. The normalized spacial score (nSPS) is 30.2. The van der Waals surface area contributed by atoms with Gasteiger partial charge in [0.15, 0.2) is 0 Å². The summed E-state index contributed by atoms with van der Waals surface area (Å²) >= 11 is 0. The lowest BCUT2D eigenvalue weighted by atomic mass is 9.89. The van der Waals surface area contributed by atoms with Gasteiger partial charge in [0.1, 0.15) is 6.61 Å². The summed E-state index contributed by atoms with van der Waals surface area (Å²) in [6.07, 6.45) is 3.30. The van der Waals surface area contributed by atoms with Crippen LogP contribution < -0.4 is 5.32 Å². The molecule has 2 heterocycles. The Bertz CT molecular complexity index is 313. The lowest BCUT2D eigenvalue weighted by molar-refractivity contribution is -0.150. The zero-order chi connectivity index (χ0) is 12.1. The van der Waals surface area contributed by atoms with Crippen LogP contribution in [-0.4, -0.2) is 44.4 Å². The Hall–Kier alpha value is -1.12. The van der Waals surface area contributed by atoms with E-state index in [1.165, 1.54) is 0 Å². The Labute approximate surface area is 101 Å². The molecule has 2 rings (SSSR count). The highest BCUT2D eigenvalue weighted by Gasteiger charge is 2.45. The number of carbonyl (C=O) groups is 1. The SMILES string of the molecule is [C-]#[N+]CCNCCOC(=O)C1CC2CCC1O2. The second-order valence-corrected chi connectivity index (χ2v) is 4.52. The molecule has 5 heteroatoms. The lowest BCUT2D eigenvalue weighted by Crippen LogP contribution is -2.30. The van der Waals surface area contributed by atoms with Gasteiger partial charge in [-0.05, 0) is 19.3 Å². The molecular weight excluding hydrogens is 220 g/mol. The third-order valence-electron chi connectivity index (χ3n) is 3.33. The molecule has 0 spiro atoms. The minimum absolute atomic E-state index is 0.0445. The Balaban J connectivity index is 1.57. The minimum Gasteiger partial charge on any atom is -0.464 e. The van der Waals surface area contributed by atoms with E-state index in [-0.39, 0.29) is 24.1 Å². The molecule has 0 aromatic rings. The molecule has 1 N–H and O–H groups in total. The van der Waals surface area contributed by atoms with Crippen LogP contribution in [-0.2, 0) is 14.3 Å². The summed E-state index contributed by atoms with van der Waals surface area (Å²) < 4.78 is 10.8. The number of hydrogen-bond acceptors (Lipinski definition) is 4. The fourth-order valence-corrected chi connectivity index (χ4v) is 2.48. The number of nitrogens with one attached hydrogen (secondary N) is 1. The Morgan fingerprint density at radius 2 is 2.35 bits per heavy atom. The third kappa shape index (κ3) is 3.18. The van der Waals surface area contributed by atoms with Gasteiger partial charge in [-0.15, -0.1) is 0 Å². The molecular formula is C12H18N2O3. The smallest absolute Gasteiger partial charge is 0.311 e. The van der Waals surface area contributed by atoms with Crippen molar-refractivity contribution < 1.29 is 14.3 Å². The topological polar surface area (TPSA) is 51.9 Å². The van der Waals surface area contributed by atoms with Crippen LogP contribution in [0.4, 0.5) is 0 Å². The number of nitrogens with zero attached hydrogens (tertiary/aromatic N) is 1. The van der Waals surface area contributed by atoms with Gasteiger partial charge >= 0.3 is 5.97 Å². The van der Waals surface area contributed by atoms with Gasteiger partial charge in [-0.3, -0.25) is 4.79 Å². The molecule has 3 atom stereocenters. The minimum atomic E-state index is -0.121. The van der Waals surface area contributed by atoms with Gasteiger partial charge in [0, 0.05) is 6.54 Å². The van der Waals surface area contributed by atoms with Gasteiger partial charge in [0.2, 0.25) is 6.54 Å². The second kappa shape index (κ2) is 5.99. The first kappa shape index (κ1) is 12.3. The fourth-order valence-electron chi connectivity index (χ4n) is 2.48. The average molecular weight is 238 g/mol. The van der Waals surface area contributed by atoms with E-state index in [4.69, 9.17) is 16.0 Å². The van der Waals surface area contributed by atoms with E-state index in [2.05, 4.69) is 10.2 Å². The molecule has 2 saturated heterocycles. The first-order chi connectivity index (χ1) is 8.31. The zero-order valence-electron chi connectivity index (χ0n) is 9.85. The second-order valence-electron chi connectivity index (χ2n) is 4.52. The summed E-state index contributed by atoms with van der Waals surface area (Å²) in [6, 6.07) is 0. The van der Waals surface area contributed by atoms with Gasteiger partial charge in [-0.2, -0.15) is 0 Å². The van der Waals surface area contributed by atoms with Crippen molar-refractivity contribution in [1.82, 2.24) is 5.32 Å². The summed E-state index contributed by atoms with van der Waals surface area (Å²) in [6.45, 7) is 8.71. The third-order valence-corrected chi connectivity index (χ3v) is 3.33. The molecule has 5 nitrogen and oxygen atoms in total. The van der Waals surface area contributed by atoms with E-state index in [1.807, 2.05) is 0 Å². The summed E-state index contributed by atoms with van der Waals surface area (Å²) in [4.78, 5) is 15.0. The van der Waals surface area contributed by atoms with Crippen molar-refractivity contribution in [3.63, 3.8) is 0 Å². The number of fused-ring (bicyclic) bond motifs is 2. The predicted octanol–water partition coefficient (Wildman–Crippen LogP) is 0.606. The zero-order valence-corrected chi connectivity index (χ0v) is 9.85. The maximum atomic E-state index is 11.7. The Morgan fingerprint density at radius 1 is 1.47 bits per heavy atom. The van der Waals surface area contributed by atoms with Crippen LogP contribution >= 0.6 is 0 Å². The van der Waals surface area contributed by atoms with E-state index in [0.29, 0.717) is 26.2 Å². The van der Waals surface area contributed by atoms with Gasteiger partial charge in [-0.1, -0.05) is 0 Å². The standard InChI is InChI=1S/C12H18N2O3/c1-13-4-5-14-6-7-16-12(15)10-8-9-2-3-11(10)17-9/h9-11,14H,2-8H2. The number of ether oxygens (including phenoxy) is 2. The predicted molar refractivity (Wildman–Crippen MR) is 61.3 cm³/mol. The molecule has 0 radical (unpaired) electrons. The molecule has 3 unspecified atom stereocenters. The summed E-state index contributed by atoms with van der Waals surface area (Å²) in [5, 5.41) is 3.04. The van der Waals surface area contributed by atoms with Crippen LogP contribution in [0, 0.1) is 12.5 Å². The van der Waals surface area contributed by atoms with Crippen molar-refractivity contribution in [2.75, 3.05) is 26.2 Å². The number of carbonyl (C=O) groups excluding carboxylic acids is 1. The van der Waals surface area contributed by atoms with E-state index in [1.54, 1.807) is 0 Å². The Kier molecular flexibility index (Phi) is 4.35. The molecule has 0 aromatic heterocycles. The first-order valence-corrected chi connectivity index (χ1v) is 6.17. The number of hydrogen-bond donors (Lipinski definition) is 1. The number of rotatable bonds is 6. The fraction of sp³-hybridized carbons (Fsp3) is 0.833. The van der Waals surface area contributed by atoms with E-state index >= 15 is 0 Å². The molecule has 2 bridgehead atoms. The van der Waals surface area contributed by atoms with Crippen molar-refractivity contribution in [2.24, 2.45) is 5.92 Å². The Morgan fingerprint density at radius 3 is 3.00 bits per heavy atom. The van der Waals surface area contributed by atoms with Crippen molar-refractivity contribution in [2.45, 2.75) is 31.5 Å². The summed E-state index contributed by atoms with van der Waals surface area (Å²) in [5.41, 5.74) is 0. The molecule has 0 aliphatic carbocycles. The molecule has 2 aliphatic heterocycles. The van der Waals surface area contributed by atoms with Crippen LogP contribution in [0.1, 0.15) is 19.3 Å². The van der Waals surface area contributed by atoms with Crippen molar-refractivity contribution in [3.8, 4) is 0 Å². The van der Waals surface area contributed by atoms with Crippen LogP contribution in [0.25, 0.3) is 4.85 Å². The highest BCUT2D eigenvalue weighted by atomic mass is 16.5. The van der Waals surface area contributed by atoms with Gasteiger partial charge < -0.3 is 19.6 Å². The van der Waals surface area contributed by atoms with Gasteiger partial charge in [0.25, 0.3) is 0 Å². The maximum absolute atomic E-state index is 11.7. The van der Waals surface area contributed by atoms with Crippen LogP contribution in [0.2, 0.25) is 0 Å². The monoisotopic (exact) mass is 238 g/mol. The highest BCUT2D eigenvalue weighted by molar-refractivity contribution is 5.73. The van der Waals surface area contributed by atoms with E-state index in [0.717, 1.165) is 19.3 Å². The van der Waals surface area contributed by atoms with Crippen molar-refractivity contribution in [3.05, 3.63) is 11.4 Å². The average Bonchev–Trinajstić information content (AvgIpc) is 2.95. The van der Waals surface area contributed by atoms with E-state index in [9.17, 15) is 4.79 Å². The first-order valence-electron chi connectivity index (χ1n) is 6.17. The van der Waals surface area contributed by atoms with Crippen LogP contribution in [0.15, 0.2) is 0 Å². The maximum Gasteiger partial charge on any atom is 0.311 e. The molecule has 0 aromatic carbocycles. The molecule has 2 aliphatic rings. The van der Waals surface area contributed by atoms with Crippen molar-refractivity contribution >= 4 is 5.97 Å². The lowest BCUT2D eigenvalue weighted by Gasteiger charge is -2.17. The summed E-state index contributed by atoms with van der Waals surface area (Å²) in [5.74, 6) is -0.166. The van der Waals surface area contributed by atoms with Crippen LogP contribution in [0.3, 0.4) is 0 Å². The van der Waals surface area contributed by atoms with Gasteiger partial charge in [0.05, 0.1) is 24.7 Å². The highest BCUT2D eigenvalue weighted by Crippen LogP contribution is 2.39. The van der Waals surface area contributed by atoms with Crippen molar-refractivity contribution in [1.29, 1.82) is 0 Å². The quantitative estimate of drug-likeness (QED) is 0.418. The largest absolute Gasteiger partial charge is 0.464 e. The molecule has 0 amide bonds. The van der Waals surface area contributed by atoms with E-state index < -0.39 is 0 Å². The number of esters is 1. The van der Waals surface area contributed by atoms with Crippen LogP contribution in [0.5, 0.6) is 0 Å².